The molecule has 0 fully saturated rings. The van der Waals surface area contributed by atoms with E-state index >= 15 is 0 Å². The fraction of sp³-hybridized carbons (Fsp3) is 0.273. The van der Waals surface area contributed by atoms with Crippen LogP contribution >= 0.6 is 0 Å². The molecule has 0 radical (unpaired) electrons. The number of nitriles is 1. The minimum Gasteiger partial charge on any atom is -0.379 e. The fourth-order valence-electron chi connectivity index (χ4n) is 3.18. The standard InChI is InChI=1S/C22H24N8/c1-22(2,3)19-8-20(30(4)29-19)28-21-14(9-23)10-26-18-6-5-15(7-17(18)21)25-12-16-11-24-13-27-16/h5-8,10-11,13,25H,12H2,1-4H3,(H,24,27)(H,26,28). The minimum absolute atomic E-state index is 0.0696. The number of aromatic amines is 1. The molecule has 0 aliphatic rings. The Balaban J connectivity index is 1.73. The van der Waals surface area contributed by atoms with Crippen molar-refractivity contribution in [2.45, 2.75) is 32.7 Å². The Morgan fingerprint density at radius 2 is 2.03 bits per heavy atom. The zero-order valence-corrected chi connectivity index (χ0v) is 17.5. The Labute approximate surface area is 175 Å². The second-order valence-electron chi connectivity index (χ2n) is 8.23. The van der Waals surface area contributed by atoms with Crippen LogP contribution in [0.15, 0.2) is 43.0 Å². The Kier molecular flexibility index (Phi) is 4.88. The van der Waals surface area contributed by atoms with E-state index < -0.39 is 0 Å². The van der Waals surface area contributed by atoms with Crippen LogP contribution in [0.5, 0.6) is 0 Å². The zero-order chi connectivity index (χ0) is 21.3. The summed E-state index contributed by atoms with van der Waals surface area (Å²) >= 11 is 0. The number of benzene rings is 1. The largest absolute Gasteiger partial charge is 0.379 e. The van der Waals surface area contributed by atoms with E-state index in [4.69, 9.17) is 0 Å². The van der Waals surface area contributed by atoms with Gasteiger partial charge in [-0.1, -0.05) is 20.8 Å². The molecule has 0 unspecified atom stereocenters. The molecule has 0 aliphatic heterocycles. The van der Waals surface area contributed by atoms with Crippen LogP contribution in [0.2, 0.25) is 0 Å². The molecule has 0 bridgehead atoms. The van der Waals surface area contributed by atoms with Gasteiger partial charge >= 0.3 is 0 Å². The molecule has 0 saturated carbocycles. The van der Waals surface area contributed by atoms with Gasteiger partial charge in [0.15, 0.2) is 0 Å². The lowest BCUT2D eigenvalue weighted by molar-refractivity contribution is 0.553. The predicted molar refractivity (Wildman–Crippen MR) is 118 cm³/mol. The summed E-state index contributed by atoms with van der Waals surface area (Å²) in [6, 6.07) is 10.2. The summed E-state index contributed by atoms with van der Waals surface area (Å²) in [5.74, 6) is 0.819. The van der Waals surface area contributed by atoms with Crippen LogP contribution in [0.1, 0.15) is 37.7 Å². The maximum absolute atomic E-state index is 9.68. The smallest absolute Gasteiger partial charge is 0.128 e. The summed E-state index contributed by atoms with van der Waals surface area (Å²) in [6.45, 7) is 6.99. The van der Waals surface area contributed by atoms with Crippen molar-refractivity contribution in [3.63, 3.8) is 0 Å². The van der Waals surface area contributed by atoms with E-state index in [2.05, 4.69) is 57.5 Å². The van der Waals surface area contributed by atoms with Crippen molar-refractivity contribution in [2.75, 3.05) is 10.6 Å². The van der Waals surface area contributed by atoms with Crippen molar-refractivity contribution in [2.24, 2.45) is 7.05 Å². The highest BCUT2D eigenvalue weighted by atomic mass is 15.3. The first kappa shape index (κ1) is 19.5. The summed E-state index contributed by atoms with van der Waals surface area (Å²) in [4.78, 5) is 11.6. The molecule has 4 aromatic rings. The molecule has 4 rings (SSSR count). The van der Waals surface area contributed by atoms with Crippen LogP contribution < -0.4 is 10.6 Å². The van der Waals surface area contributed by atoms with Gasteiger partial charge in [-0.05, 0) is 18.2 Å². The highest BCUT2D eigenvalue weighted by Gasteiger charge is 2.20. The maximum Gasteiger partial charge on any atom is 0.128 e. The average Bonchev–Trinajstić information content (AvgIpc) is 3.36. The Bertz CT molecular complexity index is 1220. The molecule has 0 saturated heterocycles. The summed E-state index contributed by atoms with van der Waals surface area (Å²) in [7, 11) is 1.89. The highest BCUT2D eigenvalue weighted by molar-refractivity contribution is 5.97. The second-order valence-corrected chi connectivity index (χ2v) is 8.23. The number of imidazole rings is 1. The number of rotatable bonds is 5. The van der Waals surface area contributed by atoms with Crippen LogP contribution in [-0.4, -0.2) is 24.7 Å². The van der Waals surface area contributed by atoms with Gasteiger partial charge in [0, 0.05) is 42.0 Å². The molecule has 0 aliphatic carbocycles. The first-order valence-electron chi connectivity index (χ1n) is 9.70. The normalized spacial score (nSPS) is 11.4. The van der Waals surface area contributed by atoms with Gasteiger partial charge in [-0.25, -0.2) is 4.98 Å². The van der Waals surface area contributed by atoms with E-state index in [-0.39, 0.29) is 5.41 Å². The van der Waals surface area contributed by atoms with E-state index in [1.165, 1.54) is 0 Å². The van der Waals surface area contributed by atoms with Gasteiger partial charge < -0.3 is 15.6 Å². The molecule has 8 heteroatoms. The number of nitrogens with zero attached hydrogens (tertiary/aromatic N) is 5. The van der Waals surface area contributed by atoms with E-state index in [9.17, 15) is 5.26 Å². The molecule has 0 spiro atoms. The monoisotopic (exact) mass is 400 g/mol. The number of hydrogen-bond donors (Lipinski definition) is 3. The van der Waals surface area contributed by atoms with Crippen LogP contribution in [0.25, 0.3) is 10.9 Å². The average molecular weight is 400 g/mol. The molecular weight excluding hydrogens is 376 g/mol. The maximum atomic E-state index is 9.68. The first-order chi connectivity index (χ1) is 14.3. The molecule has 3 heterocycles. The Morgan fingerprint density at radius 1 is 1.20 bits per heavy atom. The summed E-state index contributed by atoms with van der Waals surface area (Å²) in [5, 5.41) is 22.0. The Morgan fingerprint density at radius 3 is 2.70 bits per heavy atom. The minimum atomic E-state index is -0.0696. The van der Waals surface area contributed by atoms with Crippen molar-refractivity contribution in [1.29, 1.82) is 5.26 Å². The molecule has 0 atom stereocenters. The van der Waals surface area contributed by atoms with E-state index in [1.807, 2.05) is 31.3 Å². The Hall–Kier alpha value is -3.86. The molecule has 3 aromatic heterocycles. The van der Waals surface area contributed by atoms with Crippen LogP contribution in [0.4, 0.5) is 17.2 Å². The molecule has 3 N–H and O–H groups in total. The number of H-pyrrole nitrogens is 1. The molecule has 8 nitrogen and oxygen atoms in total. The van der Waals surface area contributed by atoms with Crippen molar-refractivity contribution in [3.8, 4) is 6.07 Å². The number of aromatic nitrogens is 5. The van der Waals surface area contributed by atoms with Gasteiger partial charge in [-0.15, -0.1) is 0 Å². The molecule has 1 aromatic carbocycles. The number of anilines is 3. The fourth-order valence-corrected chi connectivity index (χ4v) is 3.18. The van der Waals surface area contributed by atoms with Crippen molar-refractivity contribution in [3.05, 3.63) is 59.9 Å². The predicted octanol–water partition coefficient (Wildman–Crippen LogP) is 4.22. The lowest BCUT2D eigenvalue weighted by Gasteiger charge is -2.14. The lowest BCUT2D eigenvalue weighted by Crippen LogP contribution is -2.12. The van der Waals surface area contributed by atoms with Crippen molar-refractivity contribution >= 4 is 28.1 Å². The lowest BCUT2D eigenvalue weighted by atomic mass is 9.92. The topological polar surface area (TPSA) is 107 Å². The van der Waals surface area contributed by atoms with Crippen LogP contribution in [-0.2, 0) is 19.0 Å². The number of nitrogens with one attached hydrogen (secondary N) is 3. The van der Waals surface area contributed by atoms with E-state index in [1.54, 1.807) is 23.4 Å². The van der Waals surface area contributed by atoms with Gasteiger partial charge in [-0.2, -0.15) is 10.4 Å². The van der Waals surface area contributed by atoms with Crippen LogP contribution in [0.3, 0.4) is 0 Å². The summed E-state index contributed by atoms with van der Waals surface area (Å²) in [6.07, 6.45) is 5.04. The van der Waals surface area contributed by atoms with Gasteiger partial charge in [0.25, 0.3) is 0 Å². The first-order valence-corrected chi connectivity index (χ1v) is 9.70. The zero-order valence-electron chi connectivity index (χ0n) is 17.5. The number of fused-ring (bicyclic) bond motifs is 1. The number of pyridine rings is 1. The number of hydrogen-bond acceptors (Lipinski definition) is 6. The molecule has 0 amide bonds. The van der Waals surface area contributed by atoms with Gasteiger partial charge in [0.1, 0.15) is 11.9 Å². The highest BCUT2D eigenvalue weighted by Crippen LogP contribution is 2.32. The number of aryl methyl sites for hydroxylation is 1. The summed E-state index contributed by atoms with van der Waals surface area (Å²) in [5.41, 5.74) is 4.83. The third kappa shape index (κ3) is 3.82. The molecule has 152 valence electrons. The molecular formula is C22H24N8. The van der Waals surface area contributed by atoms with Gasteiger partial charge in [0.05, 0.1) is 41.0 Å². The van der Waals surface area contributed by atoms with Gasteiger partial charge in [-0.3, -0.25) is 9.67 Å². The van der Waals surface area contributed by atoms with Crippen LogP contribution in [0, 0.1) is 11.3 Å². The van der Waals surface area contributed by atoms with Gasteiger partial charge in [0.2, 0.25) is 0 Å². The van der Waals surface area contributed by atoms with Crippen molar-refractivity contribution < 1.29 is 0 Å². The van der Waals surface area contributed by atoms with E-state index in [0.29, 0.717) is 12.1 Å². The molecule has 30 heavy (non-hydrogen) atoms. The third-order valence-corrected chi connectivity index (χ3v) is 4.93. The van der Waals surface area contributed by atoms with Crippen molar-refractivity contribution in [1.82, 2.24) is 24.7 Å². The summed E-state index contributed by atoms with van der Waals surface area (Å²) < 4.78 is 1.80. The third-order valence-electron chi connectivity index (χ3n) is 4.93. The second kappa shape index (κ2) is 7.52. The quantitative estimate of drug-likeness (QED) is 0.463. The van der Waals surface area contributed by atoms with E-state index in [0.717, 1.165) is 39.5 Å². The SMILES string of the molecule is Cn1nc(C(C)(C)C)cc1Nc1c(C#N)cnc2ccc(NCc3cnc[nH]3)cc12.